The number of carbonyl (C=O) groups is 1. The van der Waals surface area contributed by atoms with Crippen LogP contribution in [0.3, 0.4) is 0 Å². The van der Waals surface area contributed by atoms with Gasteiger partial charge in [-0.05, 0) is 60.1 Å². The highest BCUT2D eigenvalue weighted by Crippen LogP contribution is 2.36. The number of carbonyl (C=O) groups excluding carboxylic acids is 1. The molecule has 4 aromatic rings. The number of fused-ring (bicyclic) bond motifs is 2. The quantitative estimate of drug-likeness (QED) is 0.505. The second-order valence-electron chi connectivity index (χ2n) is 8.94. The molecule has 0 radical (unpaired) electrons. The van der Waals surface area contributed by atoms with Gasteiger partial charge in [-0.2, -0.15) is 0 Å². The highest BCUT2D eigenvalue weighted by atomic mass is 16.1. The monoisotopic (exact) mass is 411 g/mol. The zero-order valence-electron chi connectivity index (χ0n) is 17.3. The fourth-order valence-corrected chi connectivity index (χ4v) is 4.60. The zero-order chi connectivity index (χ0) is 20.9. The molecule has 2 aromatic carbocycles. The van der Waals surface area contributed by atoms with Crippen molar-refractivity contribution in [3.8, 4) is 11.1 Å². The van der Waals surface area contributed by atoms with Gasteiger partial charge in [0.15, 0.2) is 0 Å². The molecule has 0 aliphatic heterocycles. The third-order valence-corrected chi connectivity index (χ3v) is 6.71. The van der Waals surface area contributed by atoms with Gasteiger partial charge in [0.25, 0.3) is 5.91 Å². The predicted molar refractivity (Wildman–Crippen MR) is 123 cm³/mol. The zero-order valence-corrected chi connectivity index (χ0v) is 17.3. The summed E-state index contributed by atoms with van der Waals surface area (Å²) < 4.78 is 2.23. The van der Waals surface area contributed by atoms with E-state index in [9.17, 15) is 4.79 Å². The molecule has 6 rings (SSSR count). The lowest BCUT2D eigenvalue weighted by Crippen LogP contribution is -2.25. The second-order valence-corrected chi connectivity index (χ2v) is 8.94. The van der Waals surface area contributed by atoms with Gasteiger partial charge in [0.1, 0.15) is 17.8 Å². The van der Waals surface area contributed by atoms with Crippen molar-refractivity contribution in [1.29, 1.82) is 0 Å². The summed E-state index contributed by atoms with van der Waals surface area (Å²) in [5.74, 6) is 1.23. The minimum atomic E-state index is 0.00981. The molecule has 2 fully saturated rings. The summed E-state index contributed by atoms with van der Waals surface area (Å²) in [7, 11) is 0. The first-order valence-corrected chi connectivity index (χ1v) is 11.1. The number of aromatic nitrogens is 3. The highest BCUT2D eigenvalue weighted by Gasteiger charge is 2.25. The van der Waals surface area contributed by atoms with Crippen LogP contribution in [0.5, 0.6) is 0 Å². The molecule has 6 nitrogen and oxygen atoms in total. The highest BCUT2D eigenvalue weighted by molar-refractivity contribution is 6.09. The summed E-state index contributed by atoms with van der Waals surface area (Å²) in [6.45, 7) is 0.964. The van der Waals surface area contributed by atoms with Crippen LogP contribution in [0, 0.1) is 5.92 Å². The van der Waals surface area contributed by atoms with Gasteiger partial charge in [0, 0.05) is 29.9 Å². The molecule has 0 saturated heterocycles. The Bertz CT molecular complexity index is 1320. The van der Waals surface area contributed by atoms with Crippen LogP contribution in [-0.4, -0.2) is 26.5 Å². The van der Waals surface area contributed by atoms with Crippen LogP contribution in [-0.2, 0) is 6.54 Å². The lowest BCUT2D eigenvalue weighted by atomic mass is 9.85. The Morgan fingerprint density at radius 2 is 2.00 bits per heavy atom. The van der Waals surface area contributed by atoms with Crippen molar-refractivity contribution in [2.75, 3.05) is 5.73 Å². The van der Waals surface area contributed by atoms with E-state index >= 15 is 0 Å². The van der Waals surface area contributed by atoms with Crippen LogP contribution in [0.15, 0.2) is 48.9 Å². The van der Waals surface area contributed by atoms with Crippen molar-refractivity contribution >= 4 is 33.5 Å². The second kappa shape index (κ2) is 7.08. The van der Waals surface area contributed by atoms with Crippen LogP contribution in [0.2, 0.25) is 0 Å². The van der Waals surface area contributed by atoms with Gasteiger partial charge in [-0.15, -0.1) is 0 Å². The Morgan fingerprint density at radius 1 is 1.13 bits per heavy atom. The summed E-state index contributed by atoms with van der Waals surface area (Å²) in [6, 6.07) is 12.5. The Hall–Kier alpha value is -3.41. The minimum absolute atomic E-state index is 0.00981. The third kappa shape index (κ3) is 3.23. The Kier molecular flexibility index (Phi) is 4.19. The largest absolute Gasteiger partial charge is 0.383 e. The first kappa shape index (κ1) is 18.4. The molecule has 2 aliphatic carbocycles. The lowest BCUT2D eigenvalue weighted by molar-refractivity contribution is 0.0952. The molecule has 6 heteroatoms. The molecule has 2 saturated carbocycles. The number of hydrogen-bond donors (Lipinski definition) is 2. The van der Waals surface area contributed by atoms with Crippen LogP contribution < -0.4 is 11.1 Å². The molecule has 3 N–H and O–H groups in total. The third-order valence-electron chi connectivity index (χ3n) is 6.71. The number of benzene rings is 2. The van der Waals surface area contributed by atoms with Crippen LogP contribution >= 0.6 is 0 Å². The molecule has 1 amide bonds. The van der Waals surface area contributed by atoms with E-state index in [1.165, 1.54) is 19.3 Å². The summed E-state index contributed by atoms with van der Waals surface area (Å²) in [5, 5.41) is 6.01. The van der Waals surface area contributed by atoms with Crippen LogP contribution in [0.25, 0.3) is 32.9 Å². The van der Waals surface area contributed by atoms with E-state index < -0.39 is 0 Å². The van der Waals surface area contributed by atoms with Gasteiger partial charge in [-0.3, -0.25) is 4.79 Å². The average molecular weight is 412 g/mol. The maximum Gasteiger partial charge on any atom is 0.252 e. The van der Waals surface area contributed by atoms with Gasteiger partial charge in [-0.25, -0.2) is 9.97 Å². The lowest BCUT2D eigenvalue weighted by Gasteiger charge is -2.25. The maximum atomic E-state index is 12.7. The number of rotatable bonds is 5. The molecule has 2 aromatic heterocycles. The van der Waals surface area contributed by atoms with Gasteiger partial charge >= 0.3 is 0 Å². The molecular formula is C25H25N5O. The van der Waals surface area contributed by atoms with Gasteiger partial charge < -0.3 is 15.6 Å². The Labute approximate surface area is 180 Å². The number of nitrogens with zero attached hydrogens (tertiary/aromatic N) is 3. The normalized spacial score (nSPS) is 16.5. The Balaban J connectivity index is 1.45. The number of nitrogens with two attached hydrogens (primary N) is 1. The van der Waals surface area contributed by atoms with Crippen molar-refractivity contribution in [1.82, 2.24) is 19.9 Å². The van der Waals surface area contributed by atoms with E-state index in [0.717, 1.165) is 57.9 Å². The summed E-state index contributed by atoms with van der Waals surface area (Å²) in [5.41, 5.74) is 10.0. The fraction of sp³-hybridized carbons (Fsp3) is 0.320. The molecule has 0 atom stereocenters. The molecule has 156 valence electrons. The van der Waals surface area contributed by atoms with E-state index in [1.54, 1.807) is 6.33 Å². The number of amides is 1. The van der Waals surface area contributed by atoms with Crippen molar-refractivity contribution in [2.45, 2.75) is 44.7 Å². The number of anilines is 1. The van der Waals surface area contributed by atoms with Crippen LogP contribution in [0.4, 0.5) is 5.82 Å². The van der Waals surface area contributed by atoms with E-state index in [4.69, 9.17) is 5.73 Å². The number of hydrogen-bond acceptors (Lipinski definition) is 4. The first-order chi connectivity index (χ1) is 15.2. The first-order valence-electron chi connectivity index (χ1n) is 11.1. The average Bonchev–Trinajstić information content (AvgIpc) is 3.48. The van der Waals surface area contributed by atoms with Crippen LogP contribution in [0.1, 0.15) is 42.5 Å². The van der Waals surface area contributed by atoms with E-state index in [-0.39, 0.29) is 5.91 Å². The van der Waals surface area contributed by atoms with Gasteiger partial charge in [0.05, 0.1) is 5.39 Å². The molecule has 31 heavy (non-hydrogen) atoms. The van der Waals surface area contributed by atoms with E-state index in [0.29, 0.717) is 17.8 Å². The molecule has 0 unspecified atom stereocenters. The summed E-state index contributed by atoms with van der Waals surface area (Å²) in [6.07, 6.45) is 9.73. The predicted octanol–water partition coefficient (Wildman–Crippen LogP) is 4.53. The molecule has 0 bridgehead atoms. The van der Waals surface area contributed by atoms with Crippen molar-refractivity contribution in [3.05, 3.63) is 54.5 Å². The standard InChI is InChI=1S/C25H25N5O/c26-23-22-21(13-30(12-15-3-1-4-15)24(22)28-14-27-23)17-7-10-19-16(11-17)5-2-6-20(19)25(31)29-18-8-9-18/h2,5-7,10-11,13-15,18H,1,3-4,8-9,12H2,(H,29,31)(H2,26,27,28). The molecular weight excluding hydrogens is 386 g/mol. The summed E-state index contributed by atoms with van der Waals surface area (Å²) in [4.78, 5) is 21.5. The summed E-state index contributed by atoms with van der Waals surface area (Å²) >= 11 is 0. The van der Waals surface area contributed by atoms with Gasteiger partial charge in [0.2, 0.25) is 0 Å². The van der Waals surface area contributed by atoms with Gasteiger partial charge in [-0.1, -0.05) is 30.7 Å². The van der Waals surface area contributed by atoms with E-state index in [2.05, 4.69) is 44.2 Å². The maximum absolute atomic E-state index is 12.7. The van der Waals surface area contributed by atoms with Crippen molar-refractivity contribution in [3.63, 3.8) is 0 Å². The SMILES string of the molecule is Nc1ncnc2c1c(-c1ccc3c(C(=O)NC4CC4)cccc3c1)cn2CC1CCC1. The number of nitrogen functional groups attached to an aromatic ring is 1. The number of nitrogens with one attached hydrogen (secondary N) is 1. The fourth-order valence-electron chi connectivity index (χ4n) is 4.60. The minimum Gasteiger partial charge on any atom is -0.383 e. The van der Waals surface area contributed by atoms with Crippen molar-refractivity contribution < 1.29 is 4.79 Å². The molecule has 2 aliphatic rings. The topological polar surface area (TPSA) is 85.8 Å². The smallest absolute Gasteiger partial charge is 0.252 e. The Morgan fingerprint density at radius 3 is 2.77 bits per heavy atom. The van der Waals surface area contributed by atoms with Crippen molar-refractivity contribution in [2.24, 2.45) is 5.92 Å². The molecule has 2 heterocycles. The molecule has 0 spiro atoms. The van der Waals surface area contributed by atoms with E-state index in [1.807, 2.05) is 18.2 Å².